The van der Waals surface area contributed by atoms with Gasteiger partial charge in [0.05, 0.1) is 18.2 Å². The van der Waals surface area contributed by atoms with E-state index in [1.54, 1.807) is 7.05 Å². The van der Waals surface area contributed by atoms with Crippen molar-refractivity contribution >= 4 is 17.6 Å². The zero-order valence-corrected chi connectivity index (χ0v) is 11.2. The number of amidine groups is 1. The number of carbonyl (C=O) groups is 1. The molecule has 0 bridgehead atoms. The summed E-state index contributed by atoms with van der Waals surface area (Å²) in [6.45, 7) is 0. The molecular weight excluding hydrogens is 277 g/mol. The molecule has 0 saturated heterocycles. The lowest BCUT2D eigenvalue weighted by molar-refractivity contribution is -0.115. The van der Waals surface area contributed by atoms with E-state index in [4.69, 9.17) is 10.9 Å². The molecule has 1 aromatic heterocycles. The van der Waals surface area contributed by atoms with Crippen molar-refractivity contribution in [2.75, 3.05) is 5.32 Å². The van der Waals surface area contributed by atoms with Gasteiger partial charge in [0.15, 0.2) is 5.84 Å². The molecule has 7 nitrogen and oxygen atoms in total. The van der Waals surface area contributed by atoms with Crippen LogP contribution in [0.25, 0.3) is 0 Å². The summed E-state index contributed by atoms with van der Waals surface area (Å²) < 4.78 is 14.2. The van der Waals surface area contributed by atoms with Gasteiger partial charge in [-0.2, -0.15) is 5.10 Å². The Kier molecular flexibility index (Phi) is 4.17. The minimum Gasteiger partial charge on any atom is -0.409 e. The maximum Gasteiger partial charge on any atom is 0.229 e. The van der Waals surface area contributed by atoms with Crippen LogP contribution in [0.3, 0.4) is 0 Å². The van der Waals surface area contributed by atoms with E-state index in [0.29, 0.717) is 16.9 Å². The Labute approximate surface area is 119 Å². The Hall–Kier alpha value is -2.90. The van der Waals surface area contributed by atoms with Crippen LogP contribution in [-0.2, 0) is 18.3 Å². The number of oxime groups is 1. The summed E-state index contributed by atoms with van der Waals surface area (Å²) in [4.78, 5) is 12.0. The fourth-order valence-electron chi connectivity index (χ4n) is 1.79. The first-order valence-electron chi connectivity index (χ1n) is 6.05. The molecule has 0 aliphatic carbocycles. The predicted molar refractivity (Wildman–Crippen MR) is 74.5 cm³/mol. The van der Waals surface area contributed by atoms with Crippen LogP contribution in [0.1, 0.15) is 11.1 Å². The number of hydrogen-bond donors (Lipinski definition) is 3. The average molecular weight is 291 g/mol. The topological polar surface area (TPSA) is 106 Å². The van der Waals surface area contributed by atoms with E-state index < -0.39 is 0 Å². The third-order valence-corrected chi connectivity index (χ3v) is 2.86. The van der Waals surface area contributed by atoms with Crippen LogP contribution >= 0.6 is 0 Å². The number of aromatic nitrogens is 2. The number of hydrogen-bond acceptors (Lipinski definition) is 4. The summed E-state index contributed by atoms with van der Waals surface area (Å²) in [5.74, 6) is -0.519. The number of benzene rings is 1. The summed E-state index contributed by atoms with van der Waals surface area (Å²) in [6, 6.07) is 5.63. The molecule has 0 spiro atoms. The van der Waals surface area contributed by atoms with Gasteiger partial charge in [-0.05, 0) is 17.7 Å². The number of nitrogens with two attached hydrogens (primary N) is 1. The number of carbonyl (C=O) groups excluding carboxylic acids is 1. The van der Waals surface area contributed by atoms with Gasteiger partial charge in [-0.25, -0.2) is 4.39 Å². The molecule has 8 heteroatoms. The van der Waals surface area contributed by atoms with Crippen LogP contribution in [0.5, 0.6) is 0 Å². The van der Waals surface area contributed by atoms with Crippen molar-refractivity contribution in [3.8, 4) is 0 Å². The van der Waals surface area contributed by atoms with Crippen molar-refractivity contribution in [1.82, 2.24) is 9.78 Å². The smallest absolute Gasteiger partial charge is 0.229 e. The maximum atomic E-state index is 12.8. The van der Waals surface area contributed by atoms with Crippen LogP contribution < -0.4 is 11.1 Å². The molecule has 0 saturated carbocycles. The highest BCUT2D eigenvalue weighted by atomic mass is 19.1. The molecule has 2 aromatic rings. The van der Waals surface area contributed by atoms with Crippen molar-refractivity contribution in [2.45, 2.75) is 6.42 Å². The van der Waals surface area contributed by atoms with Crippen molar-refractivity contribution in [2.24, 2.45) is 17.9 Å². The Morgan fingerprint density at radius 3 is 2.76 bits per heavy atom. The highest BCUT2D eigenvalue weighted by Crippen LogP contribution is 2.14. The lowest BCUT2D eigenvalue weighted by Crippen LogP contribution is -2.21. The van der Waals surface area contributed by atoms with Gasteiger partial charge in [-0.15, -0.1) is 0 Å². The fraction of sp³-hybridized carbons (Fsp3) is 0.154. The quantitative estimate of drug-likeness (QED) is 0.336. The Bertz CT molecular complexity index is 678. The van der Waals surface area contributed by atoms with Crippen LogP contribution in [0, 0.1) is 5.82 Å². The highest BCUT2D eigenvalue weighted by Gasteiger charge is 2.15. The van der Waals surface area contributed by atoms with Gasteiger partial charge in [-0.3, -0.25) is 9.48 Å². The van der Waals surface area contributed by atoms with Crippen LogP contribution in [0.4, 0.5) is 10.2 Å². The number of nitrogens with one attached hydrogen (secondary N) is 1. The van der Waals surface area contributed by atoms with E-state index in [1.165, 1.54) is 35.1 Å². The van der Waals surface area contributed by atoms with E-state index in [2.05, 4.69) is 15.6 Å². The summed E-state index contributed by atoms with van der Waals surface area (Å²) in [5.41, 5.74) is 6.49. The first-order valence-corrected chi connectivity index (χ1v) is 6.05. The molecule has 1 aromatic carbocycles. The van der Waals surface area contributed by atoms with Crippen LogP contribution in [0.2, 0.25) is 0 Å². The number of halogens is 1. The van der Waals surface area contributed by atoms with Gasteiger partial charge in [0.1, 0.15) is 11.6 Å². The van der Waals surface area contributed by atoms with Gasteiger partial charge in [0.25, 0.3) is 0 Å². The lowest BCUT2D eigenvalue weighted by Gasteiger charge is -2.08. The zero-order chi connectivity index (χ0) is 15.4. The van der Waals surface area contributed by atoms with E-state index in [9.17, 15) is 9.18 Å². The largest absolute Gasteiger partial charge is 0.409 e. The minimum atomic E-state index is -0.361. The molecule has 0 aliphatic rings. The normalized spacial score (nSPS) is 11.4. The number of anilines is 1. The molecule has 110 valence electrons. The second kappa shape index (κ2) is 6.04. The Morgan fingerprint density at radius 1 is 1.48 bits per heavy atom. The maximum absolute atomic E-state index is 12.8. The number of aryl methyl sites for hydroxylation is 1. The van der Waals surface area contributed by atoms with E-state index in [-0.39, 0.29) is 24.0 Å². The van der Waals surface area contributed by atoms with Gasteiger partial charge in [-0.1, -0.05) is 17.3 Å². The van der Waals surface area contributed by atoms with Crippen LogP contribution in [0.15, 0.2) is 35.6 Å². The van der Waals surface area contributed by atoms with Gasteiger partial charge >= 0.3 is 0 Å². The van der Waals surface area contributed by atoms with Gasteiger partial charge in [0, 0.05) is 7.05 Å². The van der Waals surface area contributed by atoms with Crippen LogP contribution in [-0.4, -0.2) is 26.7 Å². The number of amides is 1. The predicted octanol–water partition coefficient (Wildman–Crippen LogP) is 0.835. The monoisotopic (exact) mass is 291 g/mol. The van der Waals surface area contributed by atoms with E-state index in [0.717, 1.165) is 0 Å². The fourth-order valence-corrected chi connectivity index (χ4v) is 1.79. The SMILES string of the molecule is Cn1ncc(C(N)=NO)c1NC(=O)Cc1ccc(F)cc1. The first kappa shape index (κ1) is 14.5. The molecule has 1 heterocycles. The summed E-state index contributed by atoms with van der Waals surface area (Å²) in [6.07, 6.45) is 1.45. The van der Waals surface area contributed by atoms with E-state index in [1.807, 2.05) is 0 Å². The third kappa shape index (κ3) is 3.35. The second-order valence-corrected chi connectivity index (χ2v) is 4.37. The second-order valence-electron chi connectivity index (χ2n) is 4.37. The molecule has 0 radical (unpaired) electrons. The Balaban J connectivity index is 2.13. The van der Waals surface area contributed by atoms with Crippen molar-refractivity contribution in [1.29, 1.82) is 0 Å². The van der Waals surface area contributed by atoms with Gasteiger partial charge in [0.2, 0.25) is 5.91 Å². The summed E-state index contributed by atoms with van der Waals surface area (Å²) in [7, 11) is 1.61. The van der Waals surface area contributed by atoms with Gasteiger partial charge < -0.3 is 16.3 Å². The standard InChI is InChI=1S/C13H14FN5O2/c1-19-13(10(7-16-19)12(15)18-21)17-11(20)6-8-2-4-9(14)5-3-8/h2-5,7,21H,6H2,1H3,(H2,15,18)(H,17,20). The third-order valence-electron chi connectivity index (χ3n) is 2.86. The molecule has 0 unspecified atom stereocenters. The Morgan fingerprint density at radius 2 is 2.14 bits per heavy atom. The highest BCUT2D eigenvalue weighted by molar-refractivity contribution is 6.04. The lowest BCUT2D eigenvalue weighted by atomic mass is 10.1. The van der Waals surface area contributed by atoms with Crippen molar-refractivity contribution < 1.29 is 14.4 Å². The van der Waals surface area contributed by atoms with Crippen molar-refractivity contribution in [3.05, 3.63) is 47.4 Å². The molecule has 21 heavy (non-hydrogen) atoms. The molecule has 4 N–H and O–H groups in total. The molecular formula is C13H14FN5O2. The van der Waals surface area contributed by atoms with Crippen molar-refractivity contribution in [3.63, 3.8) is 0 Å². The average Bonchev–Trinajstić information content (AvgIpc) is 2.82. The summed E-state index contributed by atoms with van der Waals surface area (Å²) >= 11 is 0. The number of rotatable bonds is 4. The molecule has 0 fully saturated rings. The summed E-state index contributed by atoms with van der Waals surface area (Å²) in [5, 5.41) is 18.1. The molecule has 0 aliphatic heterocycles. The zero-order valence-electron chi connectivity index (χ0n) is 11.2. The van der Waals surface area contributed by atoms with E-state index >= 15 is 0 Å². The molecule has 1 amide bonds. The number of nitrogens with zero attached hydrogens (tertiary/aromatic N) is 3. The molecule has 2 rings (SSSR count). The molecule has 0 atom stereocenters. The first-order chi connectivity index (χ1) is 10.0. The minimum absolute atomic E-state index is 0.0705.